The van der Waals surface area contributed by atoms with E-state index >= 15 is 0 Å². The lowest BCUT2D eigenvalue weighted by molar-refractivity contribution is -0.137. The molecule has 1 aromatic rings. The molecule has 0 saturated carbocycles. The van der Waals surface area contributed by atoms with Gasteiger partial charge >= 0.3 is 5.97 Å². The average Bonchev–Trinajstić information content (AvgIpc) is 2.52. The van der Waals surface area contributed by atoms with Crippen LogP contribution < -0.4 is 4.31 Å². The van der Waals surface area contributed by atoms with Crippen molar-refractivity contribution in [2.45, 2.75) is 0 Å². The van der Waals surface area contributed by atoms with E-state index < -0.39 is 29.4 Å². The lowest BCUT2D eigenvalue weighted by Crippen LogP contribution is -2.34. The Morgan fingerprint density at radius 2 is 1.84 bits per heavy atom. The highest BCUT2D eigenvalue weighted by Crippen LogP contribution is 2.21. The van der Waals surface area contributed by atoms with Crippen molar-refractivity contribution in [1.29, 1.82) is 0 Å². The highest BCUT2D eigenvalue weighted by atomic mass is 32.2. The first-order chi connectivity index (χ1) is 11.7. The molecule has 0 aliphatic rings. The maximum Gasteiger partial charge on any atom is 0.323 e. The highest BCUT2D eigenvalue weighted by molar-refractivity contribution is 7.85. The van der Waals surface area contributed by atoms with E-state index in [4.69, 9.17) is 5.11 Å². The maximum absolute atomic E-state index is 12.3. The molecule has 1 aromatic carbocycles. The van der Waals surface area contributed by atoms with Crippen molar-refractivity contribution in [3.63, 3.8) is 0 Å². The molecule has 0 heterocycles. The molecule has 0 aliphatic carbocycles. The minimum atomic E-state index is -1.30. The van der Waals surface area contributed by atoms with E-state index in [1.807, 2.05) is 19.0 Å². The summed E-state index contributed by atoms with van der Waals surface area (Å²) in [4.78, 5) is 37.4. The monoisotopic (exact) mass is 369 g/mol. The first-order valence-electron chi connectivity index (χ1n) is 7.49. The zero-order valence-electron chi connectivity index (χ0n) is 14.8. The van der Waals surface area contributed by atoms with Crippen LogP contribution in [0.3, 0.4) is 0 Å². The first kappa shape index (κ1) is 20.8. The number of amides is 1. The van der Waals surface area contributed by atoms with E-state index in [2.05, 4.69) is 0 Å². The molecule has 0 saturated heterocycles. The zero-order chi connectivity index (χ0) is 19.1. The molecule has 0 fully saturated rings. The van der Waals surface area contributed by atoms with Gasteiger partial charge in [-0.15, -0.1) is 0 Å². The fourth-order valence-corrected chi connectivity index (χ4v) is 2.92. The van der Waals surface area contributed by atoms with E-state index in [9.17, 15) is 18.6 Å². The number of hydrogen-bond acceptors (Lipinski definition) is 5. The van der Waals surface area contributed by atoms with Gasteiger partial charge in [-0.1, -0.05) is 0 Å². The van der Waals surface area contributed by atoms with Gasteiger partial charge in [-0.25, -0.2) is 4.21 Å². The molecule has 1 unspecified atom stereocenters. The molecule has 138 valence electrons. The number of carboxylic acid groups (broad SMARTS) is 1. The van der Waals surface area contributed by atoms with Gasteiger partial charge < -0.3 is 14.9 Å². The first-order valence-corrected chi connectivity index (χ1v) is 9.01. The molecule has 1 amide bonds. The number of benzene rings is 1. The number of aliphatic carboxylic acids is 1. The van der Waals surface area contributed by atoms with Crippen molar-refractivity contribution in [1.82, 2.24) is 9.80 Å². The summed E-state index contributed by atoms with van der Waals surface area (Å²) in [5.41, 5.74) is 0.791. The van der Waals surface area contributed by atoms with Crippen LogP contribution in [0.1, 0.15) is 20.7 Å². The van der Waals surface area contributed by atoms with Crippen LogP contribution in [0, 0.1) is 0 Å². The molecule has 9 heteroatoms. The topological polar surface area (TPSA) is 98.2 Å². The van der Waals surface area contributed by atoms with Gasteiger partial charge in [0.1, 0.15) is 17.5 Å². The number of carbonyl (C=O) groups is 3. The zero-order valence-corrected chi connectivity index (χ0v) is 15.6. The van der Waals surface area contributed by atoms with Crippen molar-refractivity contribution in [2.75, 3.05) is 51.3 Å². The lowest BCUT2D eigenvalue weighted by atomic mass is 10.1. The molecule has 0 bridgehead atoms. The summed E-state index contributed by atoms with van der Waals surface area (Å²) in [6.45, 7) is 0.686. The molecular weight excluding hydrogens is 346 g/mol. The number of rotatable bonds is 9. The Morgan fingerprint density at radius 1 is 1.20 bits per heavy atom. The Morgan fingerprint density at radius 3 is 2.32 bits per heavy atom. The summed E-state index contributed by atoms with van der Waals surface area (Å²) in [7, 11) is 3.85. The molecule has 0 aromatic heterocycles. The molecule has 1 rings (SSSR count). The standard InChI is InChI=1S/C16H23N3O5S/c1-17(2)7-8-19(25(4)24)13-5-6-14(12(9-13)11-20)16(23)18(3)10-15(21)22/h5-6,9,11H,7-8,10H2,1-4H3,(H,21,22). The normalized spacial score (nSPS) is 11.9. The van der Waals surface area contributed by atoms with Crippen LogP contribution in [-0.2, 0) is 15.8 Å². The predicted octanol–water partition coefficient (Wildman–Crippen LogP) is 0.317. The van der Waals surface area contributed by atoms with Crippen molar-refractivity contribution >= 4 is 34.8 Å². The smallest absolute Gasteiger partial charge is 0.323 e. The number of carboxylic acids is 1. The second kappa shape index (κ2) is 9.28. The molecule has 0 spiro atoms. The van der Waals surface area contributed by atoms with E-state index in [1.54, 1.807) is 10.4 Å². The van der Waals surface area contributed by atoms with Crippen molar-refractivity contribution in [2.24, 2.45) is 0 Å². The van der Waals surface area contributed by atoms with Crippen LogP contribution >= 0.6 is 0 Å². The van der Waals surface area contributed by atoms with Crippen LogP contribution in [0.4, 0.5) is 5.69 Å². The minimum absolute atomic E-state index is 0.108. The maximum atomic E-state index is 12.3. The van der Waals surface area contributed by atoms with E-state index in [1.165, 1.54) is 25.4 Å². The van der Waals surface area contributed by atoms with Crippen molar-refractivity contribution in [3.05, 3.63) is 29.3 Å². The quantitative estimate of drug-likeness (QED) is 0.630. The van der Waals surface area contributed by atoms with Gasteiger partial charge in [0.15, 0.2) is 6.29 Å². The van der Waals surface area contributed by atoms with Crippen molar-refractivity contribution in [3.8, 4) is 0 Å². The van der Waals surface area contributed by atoms with Gasteiger partial charge in [0, 0.05) is 32.0 Å². The Balaban J connectivity index is 3.15. The molecule has 0 radical (unpaired) electrons. The van der Waals surface area contributed by atoms with Gasteiger partial charge in [0.25, 0.3) is 5.91 Å². The number of likely N-dealkylation sites (N-methyl/N-ethyl adjacent to an activating group) is 2. The van der Waals surface area contributed by atoms with E-state index in [0.29, 0.717) is 25.1 Å². The third-order valence-corrected chi connectivity index (χ3v) is 4.47. The molecule has 1 atom stereocenters. The predicted molar refractivity (Wildman–Crippen MR) is 96.4 cm³/mol. The summed E-state index contributed by atoms with van der Waals surface area (Å²) < 4.78 is 13.6. The number of hydrogen-bond donors (Lipinski definition) is 1. The SMILES string of the molecule is CN(C)CCN(c1ccc(C(=O)N(C)CC(=O)O)c(C=O)c1)S(C)=O. The summed E-state index contributed by atoms with van der Waals surface area (Å²) in [5, 5.41) is 8.78. The van der Waals surface area contributed by atoms with Crippen LogP contribution in [0.5, 0.6) is 0 Å². The molecular formula is C16H23N3O5S. The van der Waals surface area contributed by atoms with Gasteiger partial charge in [0.05, 0.1) is 11.3 Å². The summed E-state index contributed by atoms with van der Waals surface area (Å²) in [6, 6.07) is 4.55. The van der Waals surface area contributed by atoms with Gasteiger partial charge in [0.2, 0.25) is 0 Å². The van der Waals surface area contributed by atoms with Crippen LogP contribution in [0.15, 0.2) is 18.2 Å². The second-order valence-corrected chi connectivity index (χ2v) is 7.06. The van der Waals surface area contributed by atoms with Gasteiger partial charge in [-0.05, 0) is 32.3 Å². The molecule has 0 aliphatic heterocycles. The van der Waals surface area contributed by atoms with E-state index in [-0.39, 0.29) is 11.1 Å². The summed E-state index contributed by atoms with van der Waals surface area (Å²) in [5.74, 6) is -1.70. The third kappa shape index (κ3) is 5.95. The minimum Gasteiger partial charge on any atom is -0.480 e. The molecule has 25 heavy (non-hydrogen) atoms. The molecule has 1 N–H and O–H groups in total. The van der Waals surface area contributed by atoms with Crippen LogP contribution in [0.2, 0.25) is 0 Å². The summed E-state index contributed by atoms with van der Waals surface area (Å²) >= 11 is 0. The average molecular weight is 369 g/mol. The lowest BCUT2D eigenvalue weighted by Gasteiger charge is -2.24. The van der Waals surface area contributed by atoms with Gasteiger partial charge in [-0.3, -0.25) is 18.7 Å². The Bertz CT molecular complexity index is 678. The third-order valence-electron chi connectivity index (χ3n) is 3.46. The fraction of sp³-hybridized carbons (Fsp3) is 0.438. The van der Waals surface area contributed by atoms with Crippen molar-refractivity contribution < 1.29 is 23.7 Å². The Kier molecular flexibility index (Phi) is 7.72. The number of anilines is 1. The van der Waals surface area contributed by atoms with Gasteiger partial charge in [-0.2, -0.15) is 0 Å². The number of aldehydes is 1. The van der Waals surface area contributed by atoms with E-state index in [0.717, 1.165) is 4.90 Å². The second-order valence-electron chi connectivity index (χ2n) is 5.77. The number of nitrogens with zero attached hydrogens (tertiary/aromatic N) is 3. The van der Waals surface area contributed by atoms with Crippen LogP contribution in [0.25, 0.3) is 0 Å². The fourth-order valence-electron chi connectivity index (χ4n) is 2.17. The summed E-state index contributed by atoms with van der Waals surface area (Å²) in [6.07, 6.45) is 2.07. The molecule has 8 nitrogen and oxygen atoms in total. The number of carbonyl (C=O) groups excluding carboxylic acids is 2. The van der Waals surface area contributed by atoms with Crippen LogP contribution in [-0.4, -0.2) is 84.3 Å². The largest absolute Gasteiger partial charge is 0.480 e. The Hall–Kier alpha value is -2.26. The Labute approximate surface area is 149 Å². The highest BCUT2D eigenvalue weighted by Gasteiger charge is 2.20.